The molecule has 1 aromatic heterocycles. The summed E-state index contributed by atoms with van der Waals surface area (Å²) < 4.78 is 4.99. The minimum atomic E-state index is 0.117. The first-order valence-electron chi connectivity index (χ1n) is 6.71. The number of rotatable bonds is 4. The highest BCUT2D eigenvalue weighted by atomic mass is 16.5. The number of nitrogens with one attached hydrogen (secondary N) is 1. The van der Waals surface area contributed by atoms with Gasteiger partial charge in [-0.1, -0.05) is 6.07 Å². The summed E-state index contributed by atoms with van der Waals surface area (Å²) in [6.07, 6.45) is 5.40. The molecule has 0 aliphatic heterocycles. The van der Waals surface area contributed by atoms with Crippen LogP contribution in [0.5, 0.6) is 5.88 Å². The van der Waals surface area contributed by atoms with Gasteiger partial charge in [0.25, 0.3) is 0 Å². The van der Waals surface area contributed by atoms with Crippen LogP contribution in [0.4, 0.5) is 0 Å². The van der Waals surface area contributed by atoms with Crippen LogP contribution in [-0.2, 0) is 11.3 Å². The van der Waals surface area contributed by atoms with Crippen molar-refractivity contribution in [2.24, 2.45) is 11.7 Å². The molecular weight excluding hydrogens is 242 g/mol. The van der Waals surface area contributed by atoms with Crippen molar-refractivity contribution in [2.75, 3.05) is 7.11 Å². The molecule has 0 bridgehead atoms. The van der Waals surface area contributed by atoms with E-state index in [2.05, 4.69) is 10.3 Å². The van der Waals surface area contributed by atoms with Crippen molar-refractivity contribution in [3.05, 3.63) is 23.9 Å². The molecule has 0 unspecified atom stereocenters. The third-order valence-corrected chi connectivity index (χ3v) is 3.62. The molecule has 0 aromatic carbocycles. The SMILES string of the molecule is COc1ccc(CNC(=O)C2CCC(N)CC2)cn1. The summed E-state index contributed by atoms with van der Waals surface area (Å²) in [5.74, 6) is 0.824. The van der Waals surface area contributed by atoms with Crippen LogP contribution in [0.25, 0.3) is 0 Å². The van der Waals surface area contributed by atoms with Crippen LogP contribution >= 0.6 is 0 Å². The average Bonchev–Trinajstić information content (AvgIpc) is 2.46. The molecule has 0 radical (unpaired) electrons. The van der Waals surface area contributed by atoms with Crippen molar-refractivity contribution in [3.8, 4) is 5.88 Å². The fourth-order valence-electron chi connectivity index (χ4n) is 2.35. The van der Waals surface area contributed by atoms with E-state index in [1.807, 2.05) is 6.07 Å². The van der Waals surface area contributed by atoms with Crippen molar-refractivity contribution in [1.82, 2.24) is 10.3 Å². The number of carbonyl (C=O) groups is 1. The molecule has 2 rings (SSSR count). The molecule has 3 N–H and O–H groups in total. The van der Waals surface area contributed by atoms with Crippen molar-refractivity contribution >= 4 is 5.91 Å². The van der Waals surface area contributed by atoms with E-state index in [0.29, 0.717) is 12.4 Å². The number of pyridine rings is 1. The van der Waals surface area contributed by atoms with Gasteiger partial charge in [-0.2, -0.15) is 0 Å². The Bertz CT molecular complexity index is 411. The number of methoxy groups -OCH3 is 1. The normalized spacial score (nSPS) is 22.8. The number of carbonyl (C=O) groups excluding carboxylic acids is 1. The molecule has 5 nitrogen and oxygen atoms in total. The second kappa shape index (κ2) is 6.52. The minimum Gasteiger partial charge on any atom is -0.481 e. The van der Waals surface area contributed by atoms with E-state index in [9.17, 15) is 4.79 Å². The Morgan fingerprint density at radius 3 is 2.74 bits per heavy atom. The molecule has 1 fully saturated rings. The highest BCUT2D eigenvalue weighted by Crippen LogP contribution is 2.23. The Kier molecular flexibility index (Phi) is 4.74. The summed E-state index contributed by atoms with van der Waals surface area (Å²) in [5.41, 5.74) is 6.81. The van der Waals surface area contributed by atoms with Gasteiger partial charge in [-0.25, -0.2) is 4.98 Å². The molecule has 19 heavy (non-hydrogen) atoms. The lowest BCUT2D eigenvalue weighted by atomic mass is 9.86. The number of nitrogens with zero attached hydrogens (tertiary/aromatic N) is 1. The lowest BCUT2D eigenvalue weighted by molar-refractivity contribution is -0.126. The summed E-state index contributed by atoms with van der Waals surface area (Å²) in [7, 11) is 1.58. The zero-order valence-electron chi connectivity index (χ0n) is 11.3. The van der Waals surface area contributed by atoms with Gasteiger partial charge in [0.15, 0.2) is 0 Å². The van der Waals surface area contributed by atoms with Crippen LogP contribution in [0.2, 0.25) is 0 Å². The van der Waals surface area contributed by atoms with Crippen molar-refractivity contribution in [3.63, 3.8) is 0 Å². The van der Waals surface area contributed by atoms with Gasteiger partial charge in [0, 0.05) is 30.8 Å². The number of aromatic nitrogens is 1. The second-order valence-electron chi connectivity index (χ2n) is 5.04. The maximum absolute atomic E-state index is 12.0. The molecule has 1 aliphatic carbocycles. The van der Waals surface area contributed by atoms with Gasteiger partial charge in [-0.3, -0.25) is 4.79 Å². The van der Waals surface area contributed by atoms with Crippen molar-refractivity contribution in [1.29, 1.82) is 0 Å². The molecule has 0 spiro atoms. The third-order valence-electron chi connectivity index (χ3n) is 3.62. The minimum absolute atomic E-state index is 0.117. The fraction of sp³-hybridized carbons (Fsp3) is 0.571. The van der Waals surface area contributed by atoms with Crippen LogP contribution < -0.4 is 15.8 Å². The summed E-state index contributed by atoms with van der Waals surface area (Å²) in [6.45, 7) is 0.512. The topological polar surface area (TPSA) is 77.2 Å². The Hall–Kier alpha value is -1.62. The van der Waals surface area contributed by atoms with Gasteiger partial charge in [-0.15, -0.1) is 0 Å². The number of ether oxygens (including phenoxy) is 1. The van der Waals surface area contributed by atoms with E-state index in [-0.39, 0.29) is 17.9 Å². The van der Waals surface area contributed by atoms with Crippen LogP contribution in [0.15, 0.2) is 18.3 Å². The lowest BCUT2D eigenvalue weighted by Gasteiger charge is -2.25. The van der Waals surface area contributed by atoms with Gasteiger partial charge < -0.3 is 15.8 Å². The van der Waals surface area contributed by atoms with E-state index >= 15 is 0 Å². The van der Waals surface area contributed by atoms with Crippen LogP contribution in [-0.4, -0.2) is 24.0 Å². The quantitative estimate of drug-likeness (QED) is 0.856. The number of hydrogen-bond acceptors (Lipinski definition) is 4. The molecule has 0 atom stereocenters. The monoisotopic (exact) mass is 263 g/mol. The summed E-state index contributed by atoms with van der Waals surface area (Å²) in [4.78, 5) is 16.1. The molecule has 104 valence electrons. The third kappa shape index (κ3) is 3.92. The highest BCUT2D eigenvalue weighted by Gasteiger charge is 2.24. The maximum atomic E-state index is 12.0. The summed E-state index contributed by atoms with van der Waals surface area (Å²) >= 11 is 0. The Balaban J connectivity index is 1.79. The maximum Gasteiger partial charge on any atom is 0.223 e. The standard InChI is InChI=1S/C14H21N3O2/c1-19-13-7-2-10(8-16-13)9-17-14(18)11-3-5-12(15)6-4-11/h2,7-8,11-12H,3-6,9,15H2,1H3,(H,17,18). The Morgan fingerprint density at radius 2 is 2.16 bits per heavy atom. The molecule has 1 saturated carbocycles. The van der Waals surface area contributed by atoms with E-state index < -0.39 is 0 Å². The molecular formula is C14H21N3O2. The zero-order valence-corrected chi connectivity index (χ0v) is 11.3. The first kappa shape index (κ1) is 13.8. The van der Waals surface area contributed by atoms with Crippen LogP contribution in [0.1, 0.15) is 31.2 Å². The zero-order chi connectivity index (χ0) is 13.7. The predicted molar refractivity (Wildman–Crippen MR) is 72.6 cm³/mol. The molecule has 0 saturated heterocycles. The first-order chi connectivity index (χ1) is 9.19. The van der Waals surface area contributed by atoms with Crippen molar-refractivity contribution < 1.29 is 9.53 Å². The van der Waals surface area contributed by atoms with Crippen molar-refractivity contribution in [2.45, 2.75) is 38.3 Å². The van der Waals surface area contributed by atoms with E-state index in [1.54, 1.807) is 19.4 Å². The second-order valence-corrected chi connectivity index (χ2v) is 5.04. The molecule has 1 amide bonds. The Labute approximate surface area is 113 Å². The van der Waals surface area contributed by atoms with Gasteiger partial charge in [-0.05, 0) is 31.2 Å². The van der Waals surface area contributed by atoms with E-state index in [1.165, 1.54) is 0 Å². The van der Waals surface area contributed by atoms with Gasteiger partial charge in [0.1, 0.15) is 0 Å². The fourth-order valence-corrected chi connectivity index (χ4v) is 2.35. The van der Waals surface area contributed by atoms with Crippen LogP contribution in [0.3, 0.4) is 0 Å². The molecule has 1 heterocycles. The highest BCUT2D eigenvalue weighted by molar-refractivity contribution is 5.78. The Morgan fingerprint density at radius 1 is 1.42 bits per heavy atom. The van der Waals surface area contributed by atoms with Gasteiger partial charge >= 0.3 is 0 Å². The van der Waals surface area contributed by atoms with Crippen LogP contribution in [0, 0.1) is 5.92 Å². The molecule has 5 heteroatoms. The van der Waals surface area contributed by atoms with E-state index in [0.717, 1.165) is 31.2 Å². The van der Waals surface area contributed by atoms with Gasteiger partial charge in [0.2, 0.25) is 11.8 Å². The van der Waals surface area contributed by atoms with E-state index in [4.69, 9.17) is 10.5 Å². The number of hydrogen-bond donors (Lipinski definition) is 2. The predicted octanol–water partition coefficient (Wildman–Crippen LogP) is 1.22. The number of nitrogens with two attached hydrogens (primary N) is 1. The van der Waals surface area contributed by atoms with Gasteiger partial charge in [0.05, 0.1) is 7.11 Å². The summed E-state index contributed by atoms with van der Waals surface area (Å²) in [6, 6.07) is 3.97. The summed E-state index contributed by atoms with van der Waals surface area (Å²) in [5, 5.41) is 2.96. The molecule has 1 aromatic rings. The smallest absolute Gasteiger partial charge is 0.223 e. The largest absolute Gasteiger partial charge is 0.481 e. The lowest BCUT2D eigenvalue weighted by Crippen LogP contribution is -2.35. The number of amides is 1. The molecule has 1 aliphatic rings. The first-order valence-corrected chi connectivity index (χ1v) is 6.71. The average molecular weight is 263 g/mol.